The third-order valence-corrected chi connectivity index (χ3v) is 3.85. The molecule has 6 heteroatoms. The van der Waals surface area contributed by atoms with E-state index in [0.717, 1.165) is 16.6 Å². The fourth-order valence-corrected chi connectivity index (χ4v) is 2.50. The number of nitrogens with zero attached hydrogens (tertiary/aromatic N) is 2. The molecule has 3 aromatic rings. The van der Waals surface area contributed by atoms with E-state index < -0.39 is 11.8 Å². The number of aromatic nitrogens is 2. The molecule has 1 aromatic carbocycles. The summed E-state index contributed by atoms with van der Waals surface area (Å²) in [5.74, 6) is -1.44. The Morgan fingerprint density at radius 2 is 1.88 bits per heavy atom. The Morgan fingerprint density at radius 1 is 1.04 bits per heavy atom. The lowest BCUT2D eigenvalue weighted by molar-refractivity contribution is -0.136. The number of para-hydroxylation sites is 1. The summed E-state index contributed by atoms with van der Waals surface area (Å²) in [7, 11) is 0. The monoisotopic (exact) mass is 334 g/mol. The van der Waals surface area contributed by atoms with E-state index in [9.17, 15) is 9.59 Å². The number of carbonyl (C=O) groups excluding carboxylic acids is 2. The fraction of sp³-hybridized carbons (Fsp3) is 0.158. The van der Waals surface area contributed by atoms with Crippen molar-refractivity contribution in [3.05, 3.63) is 66.1 Å². The second-order valence-electron chi connectivity index (χ2n) is 5.77. The van der Waals surface area contributed by atoms with Crippen LogP contribution in [0.4, 0.5) is 5.69 Å². The highest BCUT2D eigenvalue weighted by atomic mass is 16.2. The molecule has 126 valence electrons. The highest BCUT2D eigenvalue weighted by Gasteiger charge is 2.18. The quantitative estimate of drug-likeness (QED) is 0.721. The first-order valence-electron chi connectivity index (χ1n) is 7.93. The summed E-state index contributed by atoms with van der Waals surface area (Å²) >= 11 is 0. The molecule has 0 aliphatic heterocycles. The number of amides is 2. The van der Waals surface area contributed by atoms with E-state index in [1.54, 1.807) is 31.5 Å². The predicted molar refractivity (Wildman–Crippen MR) is 95.9 cm³/mol. The summed E-state index contributed by atoms with van der Waals surface area (Å²) in [4.78, 5) is 32.9. The van der Waals surface area contributed by atoms with Crippen LogP contribution in [0.15, 0.2) is 54.9 Å². The number of pyridine rings is 2. The third-order valence-electron chi connectivity index (χ3n) is 3.85. The molecule has 6 nitrogen and oxygen atoms in total. The van der Waals surface area contributed by atoms with Crippen molar-refractivity contribution in [3.63, 3.8) is 0 Å². The average molecular weight is 334 g/mol. The number of rotatable bonds is 3. The van der Waals surface area contributed by atoms with Crippen molar-refractivity contribution in [1.82, 2.24) is 15.3 Å². The predicted octanol–water partition coefficient (Wildman–Crippen LogP) is 2.75. The Kier molecular flexibility index (Phi) is 4.70. The molecule has 3 rings (SSSR count). The number of hydrogen-bond acceptors (Lipinski definition) is 4. The molecule has 2 heterocycles. The van der Waals surface area contributed by atoms with Crippen LogP contribution < -0.4 is 10.6 Å². The molecule has 0 aliphatic carbocycles. The lowest BCUT2D eigenvalue weighted by Crippen LogP contribution is -2.37. The Hall–Kier alpha value is -3.28. The average Bonchev–Trinajstić information content (AvgIpc) is 2.62. The zero-order valence-electron chi connectivity index (χ0n) is 14.0. The molecule has 1 atom stereocenters. The topological polar surface area (TPSA) is 84.0 Å². The molecule has 0 bridgehead atoms. The van der Waals surface area contributed by atoms with Gasteiger partial charge in [0.15, 0.2) is 0 Å². The van der Waals surface area contributed by atoms with Gasteiger partial charge in [-0.1, -0.05) is 24.3 Å². The normalized spacial score (nSPS) is 11.8. The van der Waals surface area contributed by atoms with E-state index in [1.165, 1.54) is 0 Å². The van der Waals surface area contributed by atoms with Crippen LogP contribution >= 0.6 is 0 Å². The van der Waals surface area contributed by atoms with Gasteiger partial charge in [0.25, 0.3) is 0 Å². The minimum absolute atomic E-state index is 0.320. The fourth-order valence-electron chi connectivity index (χ4n) is 2.50. The van der Waals surface area contributed by atoms with Gasteiger partial charge in [0.1, 0.15) is 0 Å². The number of anilines is 1. The van der Waals surface area contributed by atoms with Crippen molar-refractivity contribution in [2.75, 3.05) is 5.32 Å². The van der Waals surface area contributed by atoms with Crippen molar-refractivity contribution in [2.45, 2.75) is 19.9 Å². The van der Waals surface area contributed by atoms with Gasteiger partial charge in [0.2, 0.25) is 0 Å². The van der Waals surface area contributed by atoms with E-state index in [2.05, 4.69) is 20.6 Å². The number of nitrogens with one attached hydrogen (secondary N) is 2. The van der Waals surface area contributed by atoms with E-state index >= 15 is 0 Å². The Labute approximate surface area is 145 Å². The van der Waals surface area contributed by atoms with Crippen LogP contribution in [0.3, 0.4) is 0 Å². The number of hydrogen-bond donors (Lipinski definition) is 2. The van der Waals surface area contributed by atoms with Gasteiger partial charge in [-0.2, -0.15) is 0 Å². The van der Waals surface area contributed by atoms with Gasteiger partial charge in [0.05, 0.1) is 17.2 Å². The Bertz CT molecular complexity index is 925. The Morgan fingerprint density at radius 3 is 2.64 bits per heavy atom. The highest BCUT2D eigenvalue weighted by molar-refractivity contribution is 6.40. The second-order valence-corrected chi connectivity index (χ2v) is 5.77. The maximum absolute atomic E-state index is 12.2. The standard InChI is InChI=1S/C19H18N4O2/c1-12-8-9-14-5-3-7-16(17(14)21-12)23-19(25)18(24)22-13(2)15-6-4-10-20-11-15/h3-11,13H,1-2H3,(H,22,24)(H,23,25). The van der Waals surface area contributed by atoms with Gasteiger partial charge in [0, 0.05) is 23.5 Å². The highest BCUT2D eigenvalue weighted by Crippen LogP contribution is 2.21. The maximum Gasteiger partial charge on any atom is 0.313 e. The molecular formula is C19H18N4O2. The summed E-state index contributed by atoms with van der Waals surface area (Å²) in [5.41, 5.74) is 2.83. The zero-order valence-corrected chi connectivity index (χ0v) is 14.0. The van der Waals surface area contributed by atoms with Crippen LogP contribution in [0.2, 0.25) is 0 Å². The van der Waals surface area contributed by atoms with Crippen molar-refractivity contribution in [2.24, 2.45) is 0 Å². The van der Waals surface area contributed by atoms with Gasteiger partial charge in [-0.25, -0.2) is 0 Å². The third kappa shape index (κ3) is 3.80. The van der Waals surface area contributed by atoms with Crippen molar-refractivity contribution in [3.8, 4) is 0 Å². The first-order chi connectivity index (χ1) is 12.0. The van der Waals surface area contributed by atoms with Crippen molar-refractivity contribution >= 4 is 28.4 Å². The van der Waals surface area contributed by atoms with Crippen LogP contribution in [0, 0.1) is 6.92 Å². The van der Waals surface area contributed by atoms with E-state index in [-0.39, 0.29) is 6.04 Å². The molecular weight excluding hydrogens is 316 g/mol. The minimum atomic E-state index is -0.730. The van der Waals surface area contributed by atoms with Crippen molar-refractivity contribution < 1.29 is 9.59 Å². The molecule has 25 heavy (non-hydrogen) atoms. The SMILES string of the molecule is Cc1ccc2cccc(NC(=O)C(=O)NC(C)c3cccnc3)c2n1. The lowest BCUT2D eigenvalue weighted by atomic mass is 10.1. The molecule has 0 spiro atoms. The van der Waals surface area contributed by atoms with Gasteiger partial charge in [-0.05, 0) is 37.6 Å². The second kappa shape index (κ2) is 7.09. The van der Waals surface area contributed by atoms with Crippen LogP contribution in [0.5, 0.6) is 0 Å². The number of benzene rings is 1. The lowest BCUT2D eigenvalue weighted by Gasteiger charge is -2.14. The Balaban J connectivity index is 1.74. The van der Waals surface area contributed by atoms with E-state index in [4.69, 9.17) is 0 Å². The molecule has 2 amide bonds. The molecule has 0 aliphatic rings. The smallest absolute Gasteiger partial charge is 0.313 e. The number of carbonyl (C=O) groups is 2. The van der Waals surface area contributed by atoms with Crippen LogP contribution in [0.25, 0.3) is 10.9 Å². The van der Waals surface area contributed by atoms with Gasteiger partial charge >= 0.3 is 11.8 Å². The summed E-state index contributed by atoms with van der Waals surface area (Å²) in [5, 5.41) is 6.20. The van der Waals surface area contributed by atoms with Gasteiger partial charge < -0.3 is 10.6 Å². The van der Waals surface area contributed by atoms with Gasteiger partial charge in [-0.3, -0.25) is 19.6 Å². The molecule has 2 aromatic heterocycles. The molecule has 0 fully saturated rings. The van der Waals surface area contributed by atoms with Crippen LogP contribution in [-0.2, 0) is 9.59 Å². The summed E-state index contributed by atoms with van der Waals surface area (Å²) in [6, 6.07) is 12.6. The van der Waals surface area contributed by atoms with Gasteiger partial charge in [-0.15, -0.1) is 0 Å². The van der Waals surface area contributed by atoms with E-state index in [1.807, 2.05) is 37.3 Å². The maximum atomic E-state index is 12.2. The number of fused-ring (bicyclic) bond motifs is 1. The van der Waals surface area contributed by atoms with Crippen LogP contribution in [-0.4, -0.2) is 21.8 Å². The number of aryl methyl sites for hydroxylation is 1. The van der Waals surface area contributed by atoms with E-state index in [0.29, 0.717) is 11.2 Å². The van der Waals surface area contributed by atoms with Crippen LogP contribution in [0.1, 0.15) is 24.2 Å². The minimum Gasteiger partial charge on any atom is -0.341 e. The molecule has 0 radical (unpaired) electrons. The summed E-state index contributed by atoms with van der Waals surface area (Å²) < 4.78 is 0. The zero-order chi connectivity index (χ0) is 17.8. The molecule has 0 saturated heterocycles. The van der Waals surface area contributed by atoms with Crippen molar-refractivity contribution in [1.29, 1.82) is 0 Å². The largest absolute Gasteiger partial charge is 0.341 e. The molecule has 1 unspecified atom stereocenters. The first-order valence-corrected chi connectivity index (χ1v) is 7.93. The summed E-state index contributed by atoms with van der Waals surface area (Å²) in [6.45, 7) is 3.67. The summed E-state index contributed by atoms with van der Waals surface area (Å²) in [6.07, 6.45) is 3.31. The first kappa shape index (κ1) is 16.6. The molecule has 0 saturated carbocycles. The molecule has 2 N–H and O–H groups in total.